The monoisotopic (exact) mass is 262 g/mol. The van der Waals surface area contributed by atoms with E-state index in [1.54, 1.807) is 6.92 Å². The SMILES string of the molecule is CC(Oc1ccccc1)C(=O)NC1(CN)CCCC1. The quantitative estimate of drug-likeness (QED) is 0.851. The maximum Gasteiger partial charge on any atom is 0.261 e. The molecule has 1 aliphatic carbocycles. The molecular formula is C15H22N2O2. The number of amides is 1. The Morgan fingerprint density at radius 3 is 2.58 bits per heavy atom. The normalized spacial score (nSPS) is 18.8. The predicted molar refractivity (Wildman–Crippen MR) is 74.9 cm³/mol. The van der Waals surface area contributed by atoms with Crippen LogP contribution in [0.5, 0.6) is 5.75 Å². The number of rotatable bonds is 5. The van der Waals surface area contributed by atoms with Crippen molar-refractivity contribution in [3.05, 3.63) is 30.3 Å². The van der Waals surface area contributed by atoms with Crippen molar-refractivity contribution >= 4 is 5.91 Å². The van der Waals surface area contributed by atoms with Crippen molar-refractivity contribution in [2.45, 2.75) is 44.2 Å². The minimum Gasteiger partial charge on any atom is -0.481 e. The van der Waals surface area contributed by atoms with Gasteiger partial charge in [0.25, 0.3) is 5.91 Å². The highest BCUT2D eigenvalue weighted by Crippen LogP contribution is 2.28. The van der Waals surface area contributed by atoms with E-state index in [0.717, 1.165) is 25.7 Å². The summed E-state index contributed by atoms with van der Waals surface area (Å²) < 4.78 is 5.62. The minimum absolute atomic E-state index is 0.0868. The zero-order chi connectivity index (χ0) is 13.7. The van der Waals surface area contributed by atoms with Crippen LogP contribution in [-0.2, 0) is 4.79 Å². The van der Waals surface area contributed by atoms with Gasteiger partial charge in [0.05, 0.1) is 5.54 Å². The van der Waals surface area contributed by atoms with Gasteiger partial charge in [-0.15, -0.1) is 0 Å². The van der Waals surface area contributed by atoms with Crippen LogP contribution in [0.2, 0.25) is 0 Å². The van der Waals surface area contributed by atoms with E-state index in [1.165, 1.54) is 0 Å². The van der Waals surface area contributed by atoms with Crippen LogP contribution < -0.4 is 15.8 Å². The van der Waals surface area contributed by atoms with E-state index in [4.69, 9.17) is 10.5 Å². The van der Waals surface area contributed by atoms with E-state index in [1.807, 2.05) is 30.3 Å². The van der Waals surface area contributed by atoms with E-state index < -0.39 is 6.10 Å². The largest absolute Gasteiger partial charge is 0.481 e. The van der Waals surface area contributed by atoms with Crippen molar-refractivity contribution in [3.8, 4) is 5.75 Å². The van der Waals surface area contributed by atoms with Gasteiger partial charge >= 0.3 is 0 Å². The van der Waals surface area contributed by atoms with Gasteiger partial charge in [-0.05, 0) is 31.9 Å². The molecule has 1 fully saturated rings. The van der Waals surface area contributed by atoms with Gasteiger partial charge in [-0.2, -0.15) is 0 Å². The third kappa shape index (κ3) is 3.47. The summed E-state index contributed by atoms with van der Waals surface area (Å²) in [6.45, 7) is 2.26. The first kappa shape index (κ1) is 13.9. The molecule has 1 saturated carbocycles. The van der Waals surface area contributed by atoms with E-state index in [2.05, 4.69) is 5.32 Å². The fraction of sp³-hybridized carbons (Fsp3) is 0.533. The van der Waals surface area contributed by atoms with Crippen molar-refractivity contribution in [2.24, 2.45) is 5.73 Å². The number of carbonyl (C=O) groups is 1. The van der Waals surface area contributed by atoms with E-state index in [9.17, 15) is 4.79 Å². The summed E-state index contributed by atoms with van der Waals surface area (Å²) in [7, 11) is 0. The van der Waals surface area contributed by atoms with Gasteiger partial charge in [-0.1, -0.05) is 31.0 Å². The lowest BCUT2D eigenvalue weighted by Gasteiger charge is -2.30. The number of para-hydroxylation sites is 1. The highest BCUT2D eigenvalue weighted by molar-refractivity contribution is 5.81. The molecule has 0 heterocycles. The summed E-state index contributed by atoms with van der Waals surface area (Å²) in [5.74, 6) is 0.620. The molecular weight excluding hydrogens is 240 g/mol. The Kier molecular flexibility index (Phi) is 4.43. The molecule has 4 heteroatoms. The Labute approximate surface area is 114 Å². The molecule has 4 nitrogen and oxygen atoms in total. The highest BCUT2D eigenvalue weighted by atomic mass is 16.5. The molecule has 0 radical (unpaired) electrons. The van der Waals surface area contributed by atoms with Gasteiger partial charge < -0.3 is 15.8 Å². The van der Waals surface area contributed by atoms with Crippen molar-refractivity contribution < 1.29 is 9.53 Å². The van der Waals surface area contributed by atoms with Crippen molar-refractivity contribution in [2.75, 3.05) is 6.54 Å². The Balaban J connectivity index is 1.92. The second-order valence-electron chi connectivity index (χ2n) is 5.25. The summed E-state index contributed by atoms with van der Waals surface area (Å²) in [6.07, 6.45) is 3.68. The summed E-state index contributed by atoms with van der Waals surface area (Å²) >= 11 is 0. The predicted octanol–water partition coefficient (Wildman–Crippen LogP) is 1.84. The maximum absolute atomic E-state index is 12.2. The average Bonchev–Trinajstić information content (AvgIpc) is 2.89. The molecule has 0 bridgehead atoms. The second-order valence-corrected chi connectivity index (χ2v) is 5.25. The third-order valence-corrected chi connectivity index (χ3v) is 3.77. The molecule has 0 spiro atoms. The first-order valence-corrected chi connectivity index (χ1v) is 6.89. The molecule has 1 amide bonds. The van der Waals surface area contributed by atoms with Gasteiger partial charge in [0.2, 0.25) is 0 Å². The fourth-order valence-electron chi connectivity index (χ4n) is 2.55. The number of hydrogen-bond acceptors (Lipinski definition) is 3. The van der Waals surface area contributed by atoms with Crippen LogP contribution >= 0.6 is 0 Å². The number of ether oxygens (including phenoxy) is 1. The van der Waals surface area contributed by atoms with Gasteiger partial charge in [0.1, 0.15) is 5.75 Å². The van der Waals surface area contributed by atoms with E-state index in [-0.39, 0.29) is 11.4 Å². The number of carbonyl (C=O) groups excluding carboxylic acids is 1. The first-order valence-electron chi connectivity index (χ1n) is 6.89. The zero-order valence-corrected chi connectivity index (χ0v) is 11.4. The Morgan fingerprint density at radius 2 is 2.00 bits per heavy atom. The lowest BCUT2D eigenvalue weighted by atomic mass is 9.97. The summed E-state index contributed by atoms with van der Waals surface area (Å²) in [4.78, 5) is 12.2. The third-order valence-electron chi connectivity index (χ3n) is 3.77. The Bertz CT molecular complexity index is 413. The molecule has 3 N–H and O–H groups in total. The summed E-state index contributed by atoms with van der Waals surface area (Å²) in [5, 5.41) is 3.07. The van der Waals surface area contributed by atoms with Gasteiger partial charge in [0, 0.05) is 6.54 Å². The molecule has 1 unspecified atom stereocenters. The summed E-state index contributed by atoms with van der Waals surface area (Å²) in [5.41, 5.74) is 5.60. The Hall–Kier alpha value is -1.55. The number of nitrogens with one attached hydrogen (secondary N) is 1. The molecule has 1 atom stereocenters. The molecule has 0 aromatic heterocycles. The topological polar surface area (TPSA) is 64.3 Å². The molecule has 2 rings (SSSR count). The van der Waals surface area contributed by atoms with E-state index in [0.29, 0.717) is 12.3 Å². The molecule has 0 aliphatic heterocycles. The number of benzene rings is 1. The second kappa shape index (κ2) is 6.06. The smallest absolute Gasteiger partial charge is 0.261 e. The van der Waals surface area contributed by atoms with Gasteiger partial charge in [0.15, 0.2) is 6.10 Å². The molecule has 19 heavy (non-hydrogen) atoms. The number of nitrogens with two attached hydrogens (primary N) is 1. The average molecular weight is 262 g/mol. The van der Waals surface area contributed by atoms with Gasteiger partial charge in [-0.25, -0.2) is 0 Å². The molecule has 104 valence electrons. The minimum atomic E-state index is -0.508. The highest BCUT2D eigenvalue weighted by Gasteiger charge is 2.35. The molecule has 1 aromatic rings. The summed E-state index contributed by atoms with van der Waals surface area (Å²) in [6, 6.07) is 9.38. The fourth-order valence-corrected chi connectivity index (χ4v) is 2.55. The Morgan fingerprint density at radius 1 is 1.37 bits per heavy atom. The standard InChI is InChI=1S/C15H22N2O2/c1-12(19-13-7-3-2-4-8-13)14(18)17-15(11-16)9-5-6-10-15/h2-4,7-8,12H,5-6,9-11,16H2,1H3,(H,17,18). The molecule has 0 saturated heterocycles. The van der Waals surface area contributed by atoms with Gasteiger partial charge in [-0.3, -0.25) is 4.79 Å². The van der Waals surface area contributed by atoms with Crippen LogP contribution in [0.1, 0.15) is 32.6 Å². The molecule has 1 aliphatic rings. The van der Waals surface area contributed by atoms with Crippen LogP contribution in [0.25, 0.3) is 0 Å². The van der Waals surface area contributed by atoms with Crippen molar-refractivity contribution in [1.29, 1.82) is 0 Å². The van der Waals surface area contributed by atoms with Crippen LogP contribution in [0.15, 0.2) is 30.3 Å². The van der Waals surface area contributed by atoms with E-state index >= 15 is 0 Å². The zero-order valence-electron chi connectivity index (χ0n) is 11.4. The lowest BCUT2D eigenvalue weighted by molar-refractivity contribution is -0.129. The van der Waals surface area contributed by atoms with Crippen LogP contribution in [0.3, 0.4) is 0 Å². The van der Waals surface area contributed by atoms with Crippen LogP contribution in [0.4, 0.5) is 0 Å². The van der Waals surface area contributed by atoms with Crippen LogP contribution in [0, 0.1) is 0 Å². The molecule has 1 aromatic carbocycles. The van der Waals surface area contributed by atoms with Crippen molar-refractivity contribution in [3.63, 3.8) is 0 Å². The van der Waals surface area contributed by atoms with Crippen molar-refractivity contribution in [1.82, 2.24) is 5.32 Å². The van der Waals surface area contributed by atoms with Crippen LogP contribution in [-0.4, -0.2) is 24.1 Å². The maximum atomic E-state index is 12.2. The lowest BCUT2D eigenvalue weighted by Crippen LogP contribution is -2.54. The first-order chi connectivity index (χ1) is 9.15. The number of hydrogen-bond donors (Lipinski definition) is 2.